The zero-order valence-corrected chi connectivity index (χ0v) is 19.4. The van der Waals surface area contributed by atoms with Crippen LogP contribution >= 0.6 is 11.6 Å². The van der Waals surface area contributed by atoms with Crippen LogP contribution in [0.3, 0.4) is 0 Å². The highest BCUT2D eigenvalue weighted by atomic mass is 35.5. The van der Waals surface area contributed by atoms with Crippen molar-refractivity contribution in [3.05, 3.63) is 64.9 Å². The topological polar surface area (TPSA) is 92.8 Å². The zero-order chi connectivity index (χ0) is 23.8. The van der Waals surface area contributed by atoms with Gasteiger partial charge in [-0.3, -0.25) is 4.79 Å². The van der Waals surface area contributed by atoms with Crippen molar-refractivity contribution in [1.29, 1.82) is 0 Å². The van der Waals surface area contributed by atoms with E-state index in [2.05, 4.69) is 5.32 Å². The van der Waals surface area contributed by atoms with Gasteiger partial charge in [0.1, 0.15) is 5.82 Å². The van der Waals surface area contributed by atoms with Gasteiger partial charge < -0.3 is 10.1 Å². The summed E-state index contributed by atoms with van der Waals surface area (Å²) in [5.74, 6) is -1.92. The van der Waals surface area contributed by atoms with E-state index in [0.717, 1.165) is 31.8 Å². The van der Waals surface area contributed by atoms with Crippen molar-refractivity contribution in [2.45, 2.75) is 30.6 Å². The van der Waals surface area contributed by atoms with Crippen LogP contribution in [0.5, 0.6) is 0 Å². The van der Waals surface area contributed by atoms with Gasteiger partial charge in [0, 0.05) is 19.2 Å². The smallest absolute Gasteiger partial charge is 0.331 e. The van der Waals surface area contributed by atoms with Crippen LogP contribution in [0.25, 0.3) is 6.08 Å². The largest absolute Gasteiger partial charge is 0.452 e. The SMILES string of the molecule is O=C(COC(=O)/C=C/c1cccc(F)c1)Nc1cc(S(=O)(=O)N2CCCCCC2)ccc1Cl. The molecule has 1 heterocycles. The van der Waals surface area contributed by atoms with Crippen LogP contribution in [0.1, 0.15) is 31.2 Å². The Balaban J connectivity index is 1.60. The molecule has 1 aliphatic heterocycles. The van der Waals surface area contributed by atoms with Crippen molar-refractivity contribution in [1.82, 2.24) is 4.31 Å². The number of carbonyl (C=O) groups is 2. The predicted molar refractivity (Wildman–Crippen MR) is 124 cm³/mol. The molecule has 1 aliphatic rings. The fourth-order valence-corrected chi connectivity index (χ4v) is 5.05. The molecular weight excluding hydrogens is 471 g/mol. The maximum atomic E-state index is 13.2. The quantitative estimate of drug-likeness (QED) is 0.459. The standard InChI is InChI=1S/C23H24ClFN2O5S/c24-20-10-9-19(33(30,31)27-12-3-1-2-4-13-27)15-21(20)26-22(28)16-32-23(29)11-8-17-6-5-7-18(25)14-17/h5-11,14-15H,1-4,12-13,16H2,(H,26,28)/b11-8+. The molecule has 0 aromatic heterocycles. The maximum Gasteiger partial charge on any atom is 0.331 e. The molecule has 0 atom stereocenters. The first-order valence-corrected chi connectivity index (χ1v) is 12.3. The Kier molecular flexibility index (Phi) is 8.60. The number of anilines is 1. The van der Waals surface area contributed by atoms with E-state index < -0.39 is 34.3 Å². The summed E-state index contributed by atoms with van der Waals surface area (Å²) in [6.45, 7) is 0.295. The predicted octanol–water partition coefficient (Wildman–Crippen LogP) is 4.24. The highest BCUT2D eigenvalue weighted by molar-refractivity contribution is 7.89. The highest BCUT2D eigenvalue weighted by Crippen LogP contribution is 2.28. The molecule has 0 aliphatic carbocycles. The number of halogens is 2. The van der Waals surface area contributed by atoms with Crippen molar-refractivity contribution in [2.75, 3.05) is 25.0 Å². The van der Waals surface area contributed by atoms with E-state index in [9.17, 15) is 22.4 Å². The molecular formula is C23H24ClFN2O5S. The van der Waals surface area contributed by atoms with Crippen LogP contribution in [0.2, 0.25) is 5.02 Å². The third-order valence-electron chi connectivity index (χ3n) is 5.02. The Labute approximate surface area is 197 Å². The summed E-state index contributed by atoms with van der Waals surface area (Å²) in [5, 5.41) is 2.62. The average molecular weight is 495 g/mol. The van der Waals surface area contributed by atoms with Gasteiger partial charge in [-0.15, -0.1) is 0 Å². The van der Waals surface area contributed by atoms with Gasteiger partial charge in [-0.2, -0.15) is 4.31 Å². The normalized spacial score (nSPS) is 15.2. The van der Waals surface area contributed by atoms with E-state index >= 15 is 0 Å². The van der Waals surface area contributed by atoms with Gasteiger partial charge in [0.2, 0.25) is 10.0 Å². The molecule has 2 aromatic rings. The van der Waals surface area contributed by atoms with Gasteiger partial charge in [0.25, 0.3) is 5.91 Å². The van der Waals surface area contributed by atoms with Crippen molar-refractivity contribution in [2.24, 2.45) is 0 Å². The summed E-state index contributed by atoms with van der Waals surface area (Å²) in [6, 6.07) is 9.72. The lowest BCUT2D eigenvalue weighted by molar-refractivity contribution is -0.142. The Bertz CT molecular complexity index is 1150. The molecule has 1 saturated heterocycles. The van der Waals surface area contributed by atoms with E-state index in [-0.39, 0.29) is 15.6 Å². The second-order valence-corrected chi connectivity index (χ2v) is 9.85. The average Bonchev–Trinajstić information content (AvgIpc) is 3.08. The van der Waals surface area contributed by atoms with E-state index in [0.29, 0.717) is 18.7 Å². The lowest BCUT2D eigenvalue weighted by atomic mass is 10.2. The molecule has 10 heteroatoms. The molecule has 33 heavy (non-hydrogen) atoms. The highest BCUT2D eigenvalue weighted by Gasteiger charge is 2.26. The number of nitrogens with zero attached hydrogens (tertiary/aromatic N) is 1. The second-order valence-electron chi connectivity index (χ2n) is 7.50. The summed E-state index contributed by atoms with van der Waals surface area (Å²) in [7, 11) is -3.72. The molecule has 0 radical (unpaired) electrons. The van der Waals surface area contributed by atoms with Crippen LogP contribution < -0.4 is 5.32 Å². The van der Waals surface area contributed by atoms with Crippen LogP contribution in [0.15, 0.2) is 53.4 Å². The van der Waals surface area contributed by atoms with Crippen molar-refractivity contribution in [3.63, 3.8) is 0 Å². The number of esters is 1. The molecule has 1 amide bonds. The first-order valence-electron chi connectivity index (χ1n) is 10.5. The molecule has 1 fully saturated rings. The van der Waals surface area contributed by atoms with Gasteiger partial charge in [-0.05, 0) is 54.8 Å². The van der Waals surface area contributed by atoms with E-state index in [1.54, 1.807) is 6.07 Å². The minimum absolute atomic E-state index is 0.0270. The number of hydrogen-bond donors (Lipinski definition) is 1. The van der Waals surface area contributed by atoms with Gasteiger partial charge >= 0.3 is 5.97 Å². The van der Waals surface area contributed by atoms with Gasteiger partial charge in [-0.25, -0.2) is 17.6 Å². The van der Waals surface area contributed by atoms with E-state index in [4.69, 9.17) is 16.3 Å². The van der Waals surface area contributed by atoms with Crippen LogP contribution in [0, 0.1) is 5.82 Å². The molecule has 0 spiro atoms. The summed E-state index contributed by atoms with van der Waals surface area (Å²) in [6.07, 6.45) is 6.01. The number of amides is 1. The number of nitrogens with one attached hydrogen (secondary N) is 1. The molecule has 0 saturated carbocycles. The molecule has 7 nitrogen and oxygen atoms in total. The summed E-state index contributed by atoms with van der Waals surface area (Å²) in [4.78, 5) is 24.1. The first kappa shape index (κ1) is 24.9. The minimum Gasteiger partial charge on any atom is -0.452 e. The second kappa shape index (κ2) is 11.4. The fraction of sp³-hybridized carbons (Fsp3) is 0.304. The third kappa shape index (κ3) is 7.12. The Hall–Kier alpha value is -2.75. The van der Waals surface area contributed by atoms with Crippen LogP contribution in [0.4, 0.5) is 10.1 Å². The van der Waals surface area contributed by atoms with Gasteiger partial charge in [0.05, 0.1) is 15.6 Å². The first-order chi connectivity index (χ1) is 15.8. The fourth-order valence-electron chi connectivity index (χ4n) is 3.34. The minimum atomic E-state index is -3.72. The van der Waals surface area contributed by atoms with Crippen molar-refractivity contribution < 1.29 is 27.1 Å². The molecule has 0 unspecified atom stereocenters. The number of ether oxygens (including phenoxy) is 1. The molecule has 1 N–H and O–H groups in total. The number of benzene rings is 2. The van der Waals surface area contributed by atoms with E-state index in [1.807, 2.05) is 0 Å². The maximum absolute atomic E-state index is 13.2. The van der Waals surface area contributed by atoms with Crippen LogP contribution in [-0.4, -0.2) is 44.3 Å². The van der Waals surface area contributed by atoms with Gasteiger partial charge in [0.15, 0.2) is 6.61 Å². The van der Waals surface area contributed by atoms with E-state index in [1.165, 1.54) is 46.8 Å². The summed E-state index contributed by atoms with van der Waals surface area (Å²) in [5.41, 5.74) is 0.564. The Morgan fingerprint density at radius 2 is 1.82 bits per heavy atom. The number of hydrogen-bond acceptors (Lipinski definition) is 5. The Morgan fingerprint density at radius 3 is 2.52 bits per heavy atom. The molecule has 0 bridgehead atoms. The molecule has 3 rings (SSSR count). The lowest BCUT2D eigenvalue weighted by Crippen LogP contribution is -2.32. The summed E-state index contributed by atoms with van der Waals surface area (Å²) < 4.78 is 45.4. The Morgan fingerprint density at radius 1 is 1.09 bits per heavy atom. The molecule has 2 aromatic carbocycles. The number of carbonyl (C=O) groups excluding carboxylic acids is 2. The van der Waals surface area contributed by atoms with Crippen molar-refractivity contribution >= 4 is 45.3 Å². The number of rotatable bonds is 7. The zero-order valence-electron chi connectivity index (χ0n) is 17.8. The monoisotopic (exact) mass is 494 g/mol. The number of sulfonamides is 1. The van der Waals surface area contributed by atoms with Crippen molar-refractivity contribution in [3.8, 4) is 0 Å². The summed E-state index contributed by atoms with van der Waals surface area (Å²) >= 11 is 6.12. The lowest BCUT2D eigenvalue weighted by Gasteiger charge is -2.20. The molecule has 176 valence electrons. The van der Waals surface area contributed by atoms with Crippen LogP contribution in [-0.2, 0) is 24.3 Å². The third-order valence-corrected chi connectivity index (χ3v) is 7.25. The van der Waals surface area contributed by atoms with Gasteiger partial charge in [-0.1, -0.05) is 36.6 Å².